The summed E-state index contributed by atoms with van der Waals surface area (Å²) in [7, 11) is 0. The Bertz CT molecular complexity index is 614. The van der Waals surface area contributed by atoms with Gasteiger partial charge in [0.1, 0.15) is 5.58 Å². The van der Waals surface area contributed by atoms with Crippen molar-refractivity contribution in [1.82, 2.24) is 5.32 Å². The third-order valence-electron chi connectivity index (χ3n) is 2.64. The quantitative estimate of drug-likeness (QED) is 0.780. The lowest BCUT2D eigenvalue weighted by Gasteiger charge is -2.05. The molecule has 2 rings (SSSR count). The highest BCUT2D eigenvalue weighted by Gasteiger charge is 2.14. The van der Waals surface area contributed by atoms with Gasteiger partial charge in [0.05, 0.1) is 4.47 Å². The number of amides is 1. The van der Waals surface area contributed by atoms with Crippen LogP contribution < -0.4 is 11.1 Å². The molecule has 1 unspecified atom stereocenters. The molecule has 0 saturated heterocycles. The first-order chi connectivity index (χ1) is 8.97. The van der Waals surface area contributed by atoms with E-state index in [2.05, 4.69) is 37.2 Å². The number of carbonyl (C=O) groups excluding carboxylic acids is 1. The Morgan fingerprint density at radius 1 is 1.40 bits per heavy atom. The van der Waals surface area contributed by atoms with Crippen molar-refractivity contribution in [2.24, 2.45) is 5.73 Å². The van der Waals surface area contributed by atoms with Crippen LogP contribution in [0.1, 0.15) is 23.9 Å². The number of hydrogen-bond donors (Lipinski definition) is 2. The molecule has 4 nitrogen and oxygen atoms in total. The van der Waals surface area contributed by atoms with Gasteiger partial charge in [0.2, 0.25) is 0 Å². The summed E-state index contributed by atoms with van der Waals surface area (Å²) in [5.74, 6) is 0.0818. The Morgan fingerprint density at radius 3 is 2.75 bits per heavy atom. The predicted molar refractivity (Wildman–Crippen MR) is 89.5 cm³/mol. The number of nitrogens with one attached hydrogen (secondary N) is 1. The van der Waals surface area contributed by atoms with Crippen LogP contribution in [0.4, 0.5) is 0 Å². The van der Waals surface area contributed by atoms with Crippen LogP contribution in [0, 0.1) is 0 Å². The van der Waals surface area contributed by atoms with Crippen molar-refractivity contribution in [3.05, 3.63) is 32.9 Å². The van der Waals surface area contributed by atoms with Gasteiger partial charge in [-0.2, -0.15) is 0 Å². The van der Waals surface area contributed by atoms with Gasteiger partial charge in [-0.05, 0) is 47.5 Å². The number of rotatable bonds is 4. The summed E-state index contributed by atoms with van der Waals surface area (Å²) >= 11 is 6.81. The second-order valence-electron chi connectivity index (χ2n) is 4.44. The van der Waals surface area contributed by atoms with E-state index >= 15 is 0 Å². The lowest BCUT2D eigenvalue weighted by Crippen LogP contribution is -2.28. The van der Waals surface area contributed by atoms with Crippen LogP contribution in [-0.2, 0) is 0 Å². The Balaban J connectivity index is 0.00000200. The minimum atomic E-state index is -0.222. The number of fused-ring (bicyclic) bond motifs is 1. The molecule has 1 aromatic heterocycles. The third-order valence-corrected chi connectivity index (χ3v) is 3.69. The molecule has 0 radical (unpaired) electrons. The number of carbonyl (C=O) groups is 1. The second-order valence-corrected chi connectivity index (χ2v) is 6.21. The largest absolute Gasteiger partial charge is 0.450 e. The van der Waals surface area contributed by atoms with Crippen LogP contribution in [0.3, 0.4) is 0 Å². The minimum absolute atomic E-state index is 0. The Kier molecular flexibility index (Phi) is 6.51. The molecule has 0 bridgehead atoms. The molecule has 1 amide bonds. The van der Waals surface area contributed by atoms with Crippen molar-refractivity contribution < 1.29 is 9.21 Å². The third kappa shape index (κ3) is 4.22. The molecular formula is C13H15Br2ClN2O2. The van der Waals surface area contributed by atoms with E-state index in [0.717, 1.165) is 20.8 Å². The maximum Gasteiger partial charge on any atom is 0.287 e. The number of halogens is 3. The molecule has 0 saturated carbocycles. The van der Waals surface area contributed by atoms with Gasteiger partial charge in [-0.15, -0.1) is 12.4 Å². The van der Waals surface area contributed by atoms with Crippen LogP contribution in [0.5, 0.6) is 0 Å². The second kappa shape index (κ2) is 7.45. The fourth-order valence-electron chi connectivity index (χ4n) is 1.69. The number of furan rings is 1. The average Bonchev–Trinajstić information content (AvgIpc) is 2.72. The Hall–Kier alpha value is -0.560. The summed E-state index contributed by atoms with van der Waals surface area (Å²) in [6.07, 6.45) is 0.737. The Labute approximate surface area is 140 Å². The van der Waals surface area contributed by atoms with E-state index in [0.29, 0.717) is 17.9 Å². The summed E-state index contributed by atoms with van der Waals surface area (Å²) < 4.78 is 7.30. The maximum atomic E-state index is 11.9. The first-order valence-corrected chi connectivity index (χ1v) is 7.48. The predicted octanol–water partition coefficient (Wildman–Crippen LogP) is 3.85. The highest BCUT2D eigenvalue weighted by molar-refractivity contribution is 9.11. The summed E-state index contributed by atoms with van der Waals surface area (Å²) in [5.41, 5.74) is 6.30. The fourth-order valence-corrected chi connectivity index (χ4v) is 3.03. The summed E-state index contributed by atoms with van der Waals surface area (Å²) in [4.78, 5) is 11.9. The molecule has 1 heterocycles. The average molecular weight is 427 g/mol. The van der Waals surface area contributed by atoms with Gasteiger partial charge < -0.3 is 15.5 Å². The van der Waals surface area contributed by atoms with Crippen molar-refractivity contribution in [2.75, 3.05) is 6.54 Å². The van der Waals surface area contributed by atoms with E-state index < -0.39 is 0 Å². The summed E-state index contributed by atoms with van der Waals surface area (Å²) in [6, 6.07) is 5.58. The van der Waals surface area contributed by atoms with Gasteiger partial charge >= 0.3 is 0 Å². The van der Waals surface area contributed by atoms with Gasteiger partial charge in [-0.25, -0.2) is 0 Å². The van der Waals surface area contributed by atoms with E-state index in [1.165, 1.54) is 0 Å². The van der Waals surface area contributed by atoms with Crippen LogP contribution in [0.25, 0.3) is 11.0 Å². The van der Waals surface area contributed by atoms with Gasteiger partial charge in [0, 0.05) is 22.4 Å². The normalized spacial score (nSPS) is 12.0. The standard InChI is InChI=1S/C13H14Br2N2O2.ClH/c1-7(16)2-3-17-13(18)11-5-8-4-9(14)6-10(15)12(8)19-11;/h4-7H,2-3,16H2,1H3,(H,17,18);1H. The number of nitrogens with two attached hydrogens (primary N) is 1. The van der Waals surface area contributed by atoms with E-state index in [1.807, 2.05) is 19.1 Å². The fraction of sp³-hybridized carbons (Fsp3) is 0.308. The lowest BCUT2D eigenvalue weighted by molar-refractivity contribution is 0.0927. The molecule has 0 spiro atoms. The first-order valence-electron chi connectivity index (χ1n) is 5.89. The smallest absolute Gasteiger partial charge is 0.287 e. The molecule has 3 N–H and O–H groups in total. The maximum absolute atomic E-state index is 11.9. The van der Waals surface area contributed by atoms with Crippen molar-refractivity contribution in [1.29, 1.82) is 0 Å². The zero-order chi connectivity index (χ0) is 14.0. The van der Waals surface area contributed by atoms with Crippen LogP contribution in [-0.4, -0.2) is 18.5 Å². The van der Waals surface area contributed by atoms with Gasteiger partial charge in [0.15, 0.2) is 5.76 Å². The molecule has 1 aromatic carbocycles. The van der Waals surface area contributed by atoms with Crippen LogP contribution >= 0.6 is 44.3 Å². The van der Waals surface area contributed by atoms with E-state index in [1.54, 1.807) is 6.07 Å². The topological polar surface area (TPSA) is 68.3 Å². The number of hydrogen-bond acceptors (Lipinski definition) is 3. The van der Waals surface area contributed by atoms with Crippen molar-refractivity contribution >= 4 is 61.1 Å². The highest BCUT2D eigenvalue weighted by atomic mass is 79.9. The van der Waals surface area contributed by atoms with Gasteiger partial charge in [-0.3, -0.25) is 4.79 Å². The summed E-state index contributed by atoms with van der Waals surface area (Å²) in [5, 5.41) is 3.66. The lowest BCUT2D eigenvalue weighted by atomic mass is 10.2. The first kappa shape index (κ1) is 17.5. The van der Waals surface area contributed by atoms with Crippen molar-refractivity contribution in [3.63, 3.8) is 0 Å². The van der Waals surface area contributed by atoms with Crippen LogP contribution in [0.15, 0.2) is 31.6 Å². The molecule has 0 fully saturated rings. The Morgan fingerprint density at radius 2 is 2.10 bits per heavy atom. The minimum Gasteiger partial charge on any atom is -0.450 e. The molecule has 110 valence electrons. The van der Waals surface area contributed by atoms with E-state index in [9.17, 15) is 4.79 Å². The number of benzene rings is 1. The SMILES string of the molecule is CC(N)CCNC(=O)c1cc2cc(Br)cc(Br)c2o1.Cl. The van der Waals surface area contributed by atoms with Crippen molar-refractivity contribution in [3.8, 4) is 0 Å². The molecule has 7 heteroatoms. The molecule has 20 heavy (non-hydrogen) atoms. The van der Waals surface area contributed by atoms with E-state index in [-0.39, 0.29) is 24.4 Å². The monoisotopic (exact) mass is 424 g/mol. The zero-order valence-electron chi connectivity index (χ0n) is 10.8. The molecule has 2 aromatic rings. The summed E-state index contributed by atoms with van der Waals surface area (Å²) in [6.45, 7) is 2.44. The van der Waals surface area contributed by atoms with Crippen molar-refractivity contribution in [2.45, 2.75) is 19.4 Å². The van der Waals surface area contributed by atoms with E-state index in [4.69, 9.17) is 10.2 Å². The molecule has 0 aliphatic heterocycles. The van der Waals surface area contributed by atoms with Gasteiger partial charge in [-0.1, -0.05) is 15.9 Å². The highest BCUT2D eigenvalue weighted by Crippen LogP contribution is 2.30. The van der Waals surface area contributed by atoms with Crippen LogP contribution in [0.2, 0.25) is 0 Å². The molecular weight excluding hydrogens is 411 g/mol. The zero-order valence-corrected chi connectivity index (χ0v) is 14.8. The molecule has 0 aliphatic rings. The molecule has 0 aliphatic carbocycles. The van der Waals surface area contributed by atoms with Gasteiger partial charge in [0.25, 0.3) is 5.91 Å². The molecule has 1 atom stereocenters.